The molecule has 0 amide bonds. The van der Waals surface area contributed by atoms with E-state index >= 15 is 0 Å². The topological polar surface area (TPSA) is 68.5 Å². The fourth-order valence-electron chi connectivity index (χ4n) is 2.62. The lowest BCUT2D eigenvalue weighted by molar-refractivity contribution is 0.507. The van der Waals surface area contributed by atoms with Crippen LogP contribution in [0.4, 0.5) is 14.6 Å². The Bertz CT molecular complexity index is 1080. The summed E-state index contributed by atoms with van der Waals surface area (Å²) in [5.41, 5.74) is 2.09. The second-order valence-electron chi connectivity index (χ2n) is 5.74. The molecule has 0 atom stereocenters. The van der Waals surface area contributed by atoms with E-state index < -0.39 is 11.6 Å². The number of halogens is 2. The first-order chi connectivity index (χ1) is 12.6. The molecule has 0 aliphatic heterocycles. The predicted octanol–water partition coefficient (Wildman–Crippen LogP) is 3.32. The Balaban J connectivity index is 1.72. The average molecular weight is 352 g/mol. The molecule has 130 valence electrons. The quantitative estimate of drug-likeness (QED) is 0.610. The van der Waals surface area contributed by atoms with Gasteiger partial charge in [-0.3, -0.25) is 9.67 Å². The Kier molecular flexibility index (Phi) is 4.00. The third kappa shape index (κ3) is 2.97. The lowest BCUT2D eigenvalue weighted by atomic mass is 10.2. The van der Waals surface area contributed by atoms with E-state index in [2.05, 4.69) is 25.4 Å². The van der Waals surface area contributed by atoms with Gasteiger partial charge in [-0.1, -0.05) is 6.07 Å². The van der Waals surface area contributed by atoms with Crippen molar-refractivity contribution in [3.05, 3.63) is 66.1 Å². The highest BCUT2D eigenvalue weighted by molar-refractivity contribution is 5.88. The maximum absolute atomic E-state index is 13.4. The molecule has 0 bridgehead atoms. The van der Waals surface area contributed by atoms with Gasteiger partial charge in [-0.2, -0.15) is 5.10 Å². The minimum Gasteiger partial charge on any atom is -0.365 e. The molecule has 4 aromatic rings. The second kappa shape index (κ2) is 6.47. The van der Waals surface area contributed by atoms with Gasteiger partial charge in [0.2, 0.25) is 0 Å². The Morgan fingerprint density at radius 3 is 2.62 bits per heavy atom. The van der Waals surface area contributed by atoms with Gasteiger partial charge in [0.05, 0.1) is 11.6 Å². The Morgan fingerprint density at radius 2 is 1.85 bits per heavy atom. The van der Waals surface area contributed by atoms with E-state index in [0.29, 0.717) is 22.9 Å². The van der Waals surface area contributed by atoms with Crippen LogP contribution in [0.5, 0.6) is 0 Å². The maximum atomic E-state index is 13.4. The molecule has 3 aromatic heterocycles. The van der Waals surface area contributed by atoms with Crippen molar-refractivity contribution in [1.29, 1.82) is 0 Å². The van der Waals surface area contributed by atoms with Crippen LogP contribution in [0.15, 0.2) is 48.9 Å². The highest BCUT2D eigenvalue weighted by Gasteiger charge is 2.13. The summed E-state index contributed by atoms with van der Waals surface area (Å²) in [5.74, 6) is -0.655. The lowest BCUT2D eigenvalue weighted by Crippen LogP contribution is -2.05. The molecule has 0 aliphatic rings. The van der Waals surface area contributed by atoms with Crippen molar-refractivity contribution in [3.8, 4) is 11.4 Å². The second-order valence-corrected chi connectivity index (χ2v) is 5.74. The van der Waals surface area contributed by atoms with E-state index in [1.54, 1.807) is 30.3 Å². The molecule has 8 heteroatoms. The zero-order chi connectivity index (χ0) is 18.1. The first-order valence-electron chi connectivity index (χ1n) is 7.90. The van der Waals surface area contributed by atoms with Crippen molar-refractivity contribution >= 4 is 16.9 Å². The Hall–Kier alpha value is -3.42. The summed E-state index contributed by atoms with van der Waals surface area (Å²) in [5, 5.41) is 8.13. The van der Waals surface area contributed by atoms with E-state index in [-0.39, 0.29) is 6.54 Å². The minimum absolute atomic E-state index is 0.286. The van der Waals surface area contributed by atoms with Crippen LogP contribution in [0.1, 0.15) is 5.56 Å². The van der Waals surface area contributed by atoms with Gasteiger partial charge in [0.1, 0.15) is 5.82 Å². The van der Waals surface area contributed by atoms with Crippen molar-refractivity contribution < 1.29 is 8.78 Å². The minimum atomic E-state index is -0.879. The largest absolute Gasteiger partial charge is 0.365 e. The summed E-state index contributed by atoms with van der Waals surface area (Å²) < 4.78 is 28.1. The first kappa shape index (κ1) is 16.1. The summed E-state index contributed by atoms with van der Waals surface area (Å²) >= 11 is 0. The van der Waals surface area contributed by atoms with Crippen LogP contribution >= 0.6 is 0 Å². The highest BCUT2D eigenvalue weighted by Crippen LogP contribution is 2.24. The van der Waals surface area contributed by atoms with Gasteiger partial charge in [0.25, 0.3) is 0 Å². The molecule has 0 unspecified atom stereocenters. The van der Waals surface area contributed by atoms with Crippen molar-refractivity contribution in [3.63, 3.8) is 0 Å². The van der Waals surface area contributed by atoms with Crippen LogP contribution in [0.2, 0.25) is 0 Å². The van der Waals surface area contributed by atoms with Crippen LogP contribution in [0, 0.1) is 11.6 Å². The average Bonchev–Trinajstić information content (AvgIpc) is 3.04. The van der Waals surface area contributed by atoms with E-state index in [1.807, 2.05) is 12.1 Å². The maximum Gasteiger partial charge on any atom is 0.164 e. The van der Waals surface area contributed by atoms with Crippen molar-refractivity contribution in [1.82, 2.24) is 24.7 Å². The van der Waals surface area contributed by atoms with Crippen molar-refractivity contribution in [2.45, 2.75) is 6.54 Å². The lowest BCUT2D eigenvalue weighted by Gasteiger charge is -2.09. The third-order valence-corrected chi connectivity index (χ3v) is 3.97. The normalized spacial score (nSPS) is 11.0. The molecule has 0 saturated carbocycles. The molecule has 0 aliphatic carbocycles. The van der Waals surface area contributed by atoms with Crippen LogP contribution in [-0.4, -0.2) is 24.7 Å². The molecule has 0 saturated heterocycles. The van der Waals surface area contributed by atoms with Gasteiger partial charge >= 0.3 is 0 Å². The summed E-state index contributed by atoms with van der Waals surface area (Å²) in [7, 11) is 1.80. The SMILES string of the molecule is Cn1ncc2c(NCc3ccc(F)c(F)c3)nc(-c3ccncc3)nc21. The van der Waals surface area contributed by atoms with E-state index in [0.717, 1.165) is 23.1 Å². The summed E-state index contributed by atoms with van der Waals surface area (Å²) in [6.45, 7) is 0.286. The molecule has 1 N–H and O–H groups in total. The molecule has 0 radical (unpaired) electrons. The van der Waals surface area contributed by atoms with Crippen molar-refractivity contribution in [2.75, 3.05) is 5.32 Å². The fourth-order valence-corrected chi connectivity index (χ4v) is 2.62. The number of nitrogens with one attached hydrogen (secondary N) is 1. The summed E-state index contributed by atoms with van der Waals surface area (Å²) in [6.07, 6.45) is 5.00. The zero-order valence-corrected chi connectivity index (χ0v) is 13.8. The molecule has 0 fully saturated rings. The molecule has 3 heterocycles. The smallest absolute Gasteiger partial charge is 0.164 e. The van der Waals surface area contributed by atoms with Gasteiger partial charge in [0, 0.05) is 31.5 Å². The zero-order valence-electron chi connectivity index (χ0n) is 13.8. The number of hydrogen-bond donors (Lipinski definition) is 1. The molecule has 26 heavy (non-hydrogen) atoms. The number of anilines is 1. The number of benzene rings is 1. The van der Waals surface area contributed by atoms with Crippen LogP contribution in [-0.2, 0) is 13.6 Å². The monoisotopic (exact) mass is 352 g/mol. The highest BCUT2D eigenvalue weighted by atomic mass is 19.2. The number of hydrogen-bond acceptors (Lipinski definition) is 5. The van der Waals surface area contributed by atoms with Crippen LogP contribution < -0.4 is 5.32 Å². The van der Waals surface area contributed by atoms with E-state index in [4.69, 9.17) is 0 Å². The fraction of sp³-hybridized carbons (Fsp3) is 0.111. The summed E-state index contributed by atoms with van der Waals surface area (Å²) in [4.78, 5) is 13.1. The Morgan fingerprint density at radius 1 is 1.04 bits per heavy atom. The van der Waals surface area contributed by atoms with Gasteiger partial charge in [-0.25, -0.2) is 18.7 Å². The number of aryl methyl sites for hydroxylation is 1. The Labute approximate surface area is 147 Å². The van der Waals surface area contributed by atoms with E-state index in [9.17, 15) is 8.78 Å². The number of fused-ring (bicyclic) bond motifs is 1. The number of aromatic nitrogens is 5. The van der Waals surface area contributed by atoms with Crippen LogP contribution in [0.25, 0.3) is 22.4 Å². The van der Waals surface area contributed by atoms with Gasteiger partial charge in [0.15, 0.2) is 23.1 Å². The molecular formula is C18H14F2N6. The van der Waals surface area contributed by atoms with E-state index in [1.165, 1.54) is 6.07 Å². The molecule has 0 spiro atoms. The van der Waals surface area contributed by atoms with Gasteiger partial charge in [-0.15, -0.1) is 0 Å². The standard InChI is InChI=1S/C18H14F2N6/c1-26-18-13(10-23-26)17(22-9-11-2-3-14(19)15(20)8-11)24-16(25-18)12-4-6-21-7-5-12/h2-8,10H,9H2,1H3,(H,22,24,25). The number of pyridine rings is 1. The molecule has 4 rings (SSSR count). The number of rotatable bonds is 4. The predicted molar refractivity (Wildman–Crippen MR) is 93.2 cm³/mol. The molecule has 6 nitrogen and oxygen atoms in total. The van der Waals surface area contributed by atoms with Crippen molar-refractivity contribution in [2.24, 2.45) is 7.05 Å². The number of nitrogens with zero attached hydrogens (tertiary/aromatic N) is 5. The van der Waals surface area contributed by atoms with Gasteiger partial charge < -0.3 is 5.32 Å². The third-order valence-electron chi connectivity index (χ3n) is 3.97. The van der Waals surface area contributed by atoms with Crippen LogP contribution in [0.3, 0.4) is 0 Å². The summed E-state index contributed by atoms with van der Waals surface area (Å²) in [6, 6.07) is 7.42. The molecular weight excluding hydrogens is 338 g/mol. The first-order valence-corrected chi connectivity index (χ1v) is 7.90. The molecule has 1 aromatic carbocycles. The van der Waals surface area contributed by atoms with Gasteiger partial charge in [-0.05, 0) is 29.8 Å².